The van der Waals surface area contributed by atoms with Crippen molar-refractivity contribution in [3.05, 3.63) is 30.2 Å². The van der Waals surface area contributed by atoms with Crippen molar-refractivity contribution < 1.29 is 9.32 Å². The van der Waals surface area contributed by atoms with Crippen LogP contribution in [0.1, 0.15) is 44.4 Å². The molecule has 0 unspecified atom stereocenters. The van der Waals surface area contributed by atoms with Gasteiger partial charge in [-0.25, -0.2) is 0 Å². The van der Waals surface area contributed by atoms with E-state index in [0.29, 0.717) is 24.7 Å². The maximum atomic E-state index is 12.1. The maximum Gasteiger partial charge on any atom is 0.231 e. The molecule has 0 saturated carbocycles. The quantitative estimate of drug-likeness (QED) is 0.834. The molecule has 2 aromatic rings. The molecule has 25 heavy (non-hydrogen) atoms. The molecule has 0 aliphatic carbocycles. The highest BCUT2D eigenvalue weighted by molar-refractivity contribution is 5.76. The molecule has 0 radical (unpaired) electrons. The summed E-state index contributed by atoms with van der Waals surface area (Å²) in [5, 5.41) is 4.14. The number of hydrogen-bond donors (Lipinski definition) is 0. The predicted octanol–water partition coefficient (Wildman–Crippen LogP) is 3.31. The molecule has 1 aliphatic heterocycles. The van der Waals surface area contributed by atoms with Crippen LogP contribution in [0.2, 0.25) is 0 Å². The minimum atomic E-state index is 0.136. The molecule has 3 rings (SSSR count). The van der Waals surface area contributed by atoms with E-state index >= 15 is 0 Å². The number of aromatic nitrogens is 2. The first-order valence-corrected chi connectivity index (χ1v) is 8.97. The van der Waals surface area contributed by atoms with Crippen LogP contribution in [0.5, 0.6) is 0 Å². The van der Waals surface area contributed by atoms with Crippen LogP contribution < -0.4 is 4.90 Å². The van der Waals surface area contributed by atoms with E-state index < -0.39 is 0 Å². The van der Waals surface area contributed by atoms with Crippen molar-refractivity contribution in [2.24, 2.45) is 0 Å². The van der Waals surface area contributed by atoms with Gasteiger partial charge in [0, 0.05) is 44.9 Å². The molecule has 0 spiro atoms. The number of likely N-dealkylation sites (tertiary alicyclic amines) is 1. The van der Waals surface area contributed by atoms with E-state index in [4.69, 9.17) is 4.52 Å². The Labute approximate surface area is 148 Å². The second-order valence-electron chi connectivity index (χ2n) is 6.83. The molecule has 6 heteroatoms. The van der Waals surface area contributed by atoms with E-state index in [1.54, 1.807) is 0 Å². The Hall–Kier alpha value is -2.37. The van der Waals surface area contributed by atoms with Gasteiger partial charge in [0.25, 0.3) is 0 Å². The van der Waals surface area contributed by atoms with Crippen LogP contribution in [-0.4, -0.2) is 48.1 Å². The van der Waals surface area contributed by atoms with E-state index in [1.165, 1.54) is 0 Å². The minimum absolute atomic E-state index is 0.136. The summed E-state index contributed by atoms with van der Waals surface area (Å²) in [6.45, 7) is 3.55. The van der Waals surface area contributed by atoms with Gasteiger partial charge in [-0.15, -0.1) is 0 Å². The van der Waals surface area contributed by atoms with Crippen molar-refractivity contribution in [2.75, 3.05) is 32.1 Å². The summed E-state index contributed by atoms with van der Waals surface area (Å²) in [4.78, 5) is 20.7. The van der Waals surface area contributed by atoms with Crippen LogP contribution in [0, 0.1) is 0 Å². The number of hydrogen-bond acceptors (Lipinski definition) is 5. The first-order chi connectivity index (χ1) is 12.1. The Morgan fingerprint density at radius 3 is 2.76 bits per heavy atom. The van der Waals surface area contributed by atoms with Crippen molar-refractivity contribution in [1.29, 1.82) is 0 Å². The van der Waals surface area contributed by atoms with Gasteiger partial charge in [0.2, 0.25) is 17.6 Å². The monoisotopic (exact) mass is 342 g/mol. The Morgan fingerprint density at radius 2 is 2.08 bits per heavy atom. The topological polar surface area (TPSA) is 62.5 Å². The van der Waals surface area contributed by atoms with E-state index in [-0.39, 0.29) is 11.8 Å². The molecule has 6 nitrogen and oxygen atoms in total. The summed E-state index contributed by atoms with van der Waals surface area (Å²) >= 11 is 0. The first kappa shape index (κ1) is 17.5. The molecular weight excluding hydrogens is 316 g/mol. The fraction of sp³-hybridized carbons (Fsp3) is 0.526. The molecule has 1 aromatic heterocycles. The maximum absolute atomic E-state index is 12.1. The Morgan fingerprint density at radius 1 is 1.32 bits per heavy atom. The van der Waals surface area contributed by atoms with Crippen LogP contribution in [0.4, 0.5) is 5.69 Å². The van der Waals surface area contributed by atoms with Crippen LogP contribution >= 0.6 is 0 Å². The lowest BCUT2D eigenvalue weighted by molar-refractivity contribution is -0.132. The number of piperidine rings is 1. The van der Waals surface area contributed by atoms with Crippen LogP contribution in [0.15, 0.2) is 28.8 Å². The summed E-state index contributed by atoms with van der Waals surface area (Å²) < 4.78 is 5.51. The third kappa shape index (κ3) is 4.00. The van der Waals surface area contributed by atoms with Gasteiger partial charge in [0.05, 0.1) is 5.92 Å². The molecule has 1 saturated heterocycles. The average Bonchev–Trinajstić information content (AvgIpc) is 3.12. The Kier molecular flexibility index (Phi) is 5.36. The van der Waals surface area contributed by atoms with E-state index in [0.717, 1.165) is 37.1 Å². The van der Waals surface area contributed by atoms with Crippen molar-refractivity contribution in [3.63, 3.8) is 0 Å². The number of anilines is 1. The van der Waals surface area contributed by atoms with Gasteiger partial charge in [-0.1, -0.05) is 12.1 Å². The summed E-state index contributed by atoms with van der Waals surface area (Å²) in [6, 6.07) is 8.08. The molecule has 1 atom stereocenters. The third-order valence-corrected chi connectivity index (χ3v) is 4.67. The van der Waals surface area contributed by atoms with Gasteiger partial charge >= 0.3 is 0 Å². The fourth-order valence-electron chi connectivity index (χ4n) is 3.20. The highest BCUT2D eigenvalue weighted by Crippen LogP contribution is 2.28. The SMILES string of the molecule is CCCC(=O)N1CCC[C@@H](c2nc(-c3ccc(N(C)C)cc3)no2)C1. The number of benzene rings is 1. The number of rotatable bonds is 5. The lowest BCUT2D eigenvalue weighted by Gasteiger charge is -2.31. The third-order valence-electron chi connectivity index (χ3n) is 4.67. The summed E-state index contributed by atoms with van der Waals surface area (Å²) in [5.74, 6) is 1.61. The van der Waals surface area contributed by atoms with Crippen LogP contribution in [0.3, 0.4) is 0 Å². The van der Waals surface area contributed by atoms with Crippen molar-refractivity contribution in [3.8, 4) is 11.4 Å². The van der Waals surface area contributed by atoms with Crippen molar-refractivity contribution in [1.82, 2.24) is 15.0 Å². The van der Waals surface area contributed by atoms with Crippen LogP contribution in [0.25, 0.3) is 11.4 Å². The van der Waals surface area contributed by atoms with E-state index in [1.807, 2.05) is 50.2 Å². The van der Waals surface area contributed by atoms with Crippen molar-refractivity contribution >= 4 is 11.6 Å². The smallest absolute Gasteiger partial charge is 0.231 e. The molecule has 2 heterocycles. The zero-order valence-electron chi connectivity index (χ0n) is 15.2. The van der Waals surface area contributed by atoms with Crippen LogP contribution in [-0.2, 0) is 4.79 Å². The van der Waals surface area contributed by atoms with Gasteiger partial charge in [-0.05, 0) is 43.5 Å². The zero-order chi connectivity index (χ0) is 17.8. The summed E-state index contributed by atoms with van der Waals surface area (Å²) in [6.07, 6.45) is 3.46. The largest absolute Gasteiger partial charge is 0.378 e. The highest BCUT2D eigenvalue weighted by atomic mass is 16.5. The average molecular weight is 342 g/mol. The van der Waals surface area contributed by atoms with Crippen molar-refractivity contribution in [2.45, 2.75) is 38.5 Å². The summed E-state index contributed by atoms with van der Waals surface area (Å²) in [5.41, 5.74) is 2.07. The number of carbonyl (C=O) groups excluding carboxylic acids is 1. The zero-order valence-corrected chi connectivity index (χ0v) is 15.2. The van der Waals surface area contributed by atoms with Gasteiger partial charge in [-0.3, -0.25) is 4.79 Å². The normalized spacial score (nSPS) is 17.6. The predicted molar refractivity (Wildman–Crippen MR) is 97.5 cm³/mol. The molecular formula is C19H26N4O2. The lowest BCUT2D eigenvalue weighted by Crippen LogP contribution is -2.39. The van der Waals surface area contributed by atoms with Gasteiger partial charge < -0.3 is 14.3 Å². The van der Waals surface area contributed by atoms with E-state index in [9.17, 15) is 4.79 Å². The second-order valence-corrected chi connectivity index (χ2v) is 6.83. The standard InChI is InChI=1S/C19H26N4O2/c1-4-6-17(24)23-12-5-7-15(13-23)19-20-18(21-25-19)14-8-10-16(11-9-14)22(2)3/h8-11,15H,4-7,12-13H2,1-3H3/t15-/m1/s1. The lowest BCUT2D eigenvalue weighted by atomic mass is 9.97. The first-order valence-electron chi connectivity index (χ1n) is 8.97. The molecule has 0 N–H and O–H groups in total. The Bertz CT molecular complexity index is 708. The number of nitrogens with zero attached hydrogens (tertiary/aromatic N) is 4. The van der Waals surface area contributed by atoms with E-state index in [2.05, 4.69) is 15.0 Å². The number of amides is 1. The fourth-order valence-corrected chi connectivity index (χ4v) is 3.20. The minimum Gasteiger partial charge on any atom is -0.378 e. The molecule has 134 valence electrons. The highest BCUT2D eigenvalue weighted by Gasteiger charge is 2.28. The second kappa shape index (κ2) is 7.68. The molecule has 1 aromatic carbocycles. The van der Waals surface area contributed by atoms with Gasteiger partial charge in [0.1, 0.15) is 0 Å². The molecule has 1 aliphatic rings. The number of carbonyl (C=O) groups is 1. The summed E-state index contributed by atoms with van der Waals surface area (Å²) in [7, 11) is 4.02. The molecule has 1 fully saturated rings. The van der Waals surface area contributed by atoms with Gasteiger partial charge in [0.15, 0.2) is 0 Å². The van der Waals surface area contributed by atoms with Gasteiger partial charge in [-0.2, -0.15) is 4.98 Å². The Balaban J connectivity index is 1.71. The molecule has 0 bridgehead atoms. The molecule has 1 amide bonds.